The summed E-state index contributed by atoms with van der Waals surface area (Å²) in [5, 5.41) is 2.09. The Kier molecular flexibility index (Phi) is 7.17. The summed E-state index contributed by atoms with van der Waals surface area (Å²) in [6.45, 7) is 4.55. The first-order valence-electron chi connectivity index (χ1n) is 11.4. The zero-order chi connectivity index (χ0) is 24.3. The van der Waals surface area contributed by atoms with Crippen molar-refractivity contribution in [1.29, 1.82) is 0 Å². The summed E-state index contributed by atoms with van der Waals surface area (Å²) in [7, 11) is -3.93. The van der Waals surface area contributed by atoms with Crippen LogP contribution in [0.25, 0.3) is 21.8 Å². The molecule has 0 aliphatic carbocycles. The highest BCUT2D eigenvalue weighted by molar-refractivity contribution is 7.51. The van der Waals surface area contributed by atoms with Gasteiger partial charge < -0.3 is 20.3 Å². The fourth-order valence-electron chi connectivity index (χ4n) is 4.13. The monoisotopic (exact) mass is 479 g/mol. The second-order valence-electron chi connectivity index (χ2n) is 8.79. The largest absolute Gasteiger partial charge is 0.494 e. The third-order valence-electron chi connectivity index (χ3n) is 5.98. The van der Waals surface area contributed by atoms with Gasteiger partial charge >= 0.3 is 7.60 Å². The zero-order valence-electron chi connectivity index (χ0n) is 19.5. The zero-order valence-corrected chi connectivity index (χ0v) is 20.4. The standard InChI is InChI=1S/C26H30N3O4P/c1-17-5-10-22-23-15-19(16-28-25(23)26(27)29-24(22)13-17)6-7-20-8-9-21(14-18(20)2)33-11-3-4-12-34(30,31)32/h5,8-10,13-16H,3-4,6-7,11-12H2,1-2H3,(H2,27,29)(H2,30,31,32). The van der Waals surface area contributed by atoms with Gasteiger partial charge in [-0.3, -0.25) is 9.55 Å². The fourth-order valence-corrected chi connectivity index (χ4v) is 4.76. The summed E-state index contributed by atoms with van der Waals surface area (Å²) in [6.07, 6.45) is 4.55. The molecule has 8 heteroatoms. The number of nitrogens with two attached hydrogens (primary N) is 1. The van der Waals surface area contributed by atoms with Crippen LogP contribution in [-0.4, -0.2) is 32.5 Å². The van der Waals surface area contributed by atoms with E-state index in [0.29, 0.717) is 25.3 Å². The van der Waals surface area contributed by atoms with E-state index in [9.17, 15) is 4.57 Å². The van der Waals surface area contributed by atoms with Gasteiger partial charge in [0.25, 0.3) is 0 Å². The van der Waals surface area contributed by atoms with Crippen molar-refractivity contribution >= 4 is 35.2 Å². The van der Waals surface area contributed by atoms with Gasteiger partial charge in [-0.1, -0.05) is 18.2 Å². The first-order chi connectivity index (χ1) is 16.2. The number of rotatable bonds is 9. The molecule has 0 spiro atoms. The second kappa shape index (κ2) is 10.1. The molecule has 0 saturated carbocycles. The Bertz CT molecular complexity index is 1380. The van der Waals surface area contributed by atoms with E-state index in [1.54, 1.807) is 0 Å². The molecule has 0 amide bonds. The Morgan fingerprint density at radius 2 is 1.82 bits per heavy atom. The summed E-state index contributed by atoms with van der Waals surface area (Å²) in [4.78, 5) is 27.0. The van der Waals surface area contributed by atoms with Crippen molar-refractivity contribution in [3.63, 3.8) is 0 Å². The van der Waals surface area contributed by atoms with Gasteiger partial charge in [-0.05, 0) is 86.1 Å². The quantitative estimate of drug-likeness (QED) is 0.174. The minimum atomic E-state index is -3.93. The molecule has 0 unspecified atom stereocenters. The smallest absolute Gasteiger partial charge is 0.325 e. The molecule has 0 aliphatic heterocycles. The maximum absolute atomic E-state index is 10.9. The third kappa shape index (κ3) is 5.92. The molecule has 0 atom stereocenters. The van der Waals surface area contributed by atoms with Gasteiger partial charge in [0.05, 0.1) is 12.1 Å². The Balaban J connectivity index is 1.42. The van der Waals surface area contributed by atoms with E-state index in [1.807, 2.05) is 31.3 Å². The molecule has 178 valence electrons. The SMILES string of the molecule is Cc1ccc2c(c1)nc(N)c1ncc(CCc3ccc(OCCCCP(=O)(O)O)cc3C)cc12. The van der Waals surface area contributed by atoms with Crippen molar-refractivity contribution < 1.29 is 19.1 Å². The van der Waals surface area contributed by atoms with Crippen molar-refractivity contribution in [3.05, 3.63) is 70.9 Å². The number of ether oxygens (including phenoxy) is 1. The van der Waals surface area contributed by atoms with E-state index < -0.39 is 7.60 Å². The predicted octanol–water partition coefficient (Wildman–Crippen LogP) is 5.10. The van der Waals surface area contributed by atoms with Crippen LogP contribution in [-0.2, 0) is 17.4 Å². The number of nitrogens with zero attached hydrogens (tertiary/aromatic N) is 2. The molecule has 0 saturated heterocycles. The van der Waals surface area contributed by atoms with Gasteiger partial charge in [0.2, 0.25) is 0 Å². The van der Waals surface area contributed by atoms with E-state index >= 15 is 0 Å². The average molecular weight is 480 g/mol. The molecular weight excluding hydrogens is 449 g/mol. The Labute approximate surface area is 199 Å². The Morgan fingerprint density at radius 3 is 2.59 bits per heavy atom. The van der Waals surface area contributed by atoms with E-state index in [0.717, 1.165) is 57.1 Å². The van der Waals surface area contributed by atoms with Crippen LogP contribution in [0.3, 0.4) is 0 Å². The van der Waals surface area contributed by atoms with Gasteiger partial charge in [-0.25, -0.2) is 4.98 Å². The number of pyridine rings is 2. The van der Waals surface area contributed by atoms with Crippen molar-refractivity contribution in [2.45, 2.75) is 39.5 Å². The normalized spacial score (nSPS) is 11.9. The van der Waals surface area contributed by atoms with Crippen molar-refractivity contribution in [2.75, 3.05) is 18.5 Å². The topological polar surface area (TPSA) is 119 Å². The summed E-state index contributed by atoms with van der Waals surface area (Å²) in [5.74, 6) is 1.22. The van der Waals surface area contributed by atoms with Crippen molar-refractivity contribution in [1.82, 2.24) is 9.97 Å². The maximum Gasteiger partial charge on any atom is 0.325 e. The molecular formula is C26H30N3O4P. The highest BCUT2D eigenvalue weighted by atomic mass is 31.2. The van der Waals surface area contributed by atoms with E-state index in [4.69, 9.17) is 20.3 Å². The average Bonchev–Trinajstić information content (AvgIpc) is 2.77. The van der Waals surface area contributed by atoms with Crippen molar-refractivity contribution in [2.24, 2.45) is 0 Å². The predicted molar refractivity (Wildman–Crippen MR) is 136 cm³/mol. The number of fused-ring (bicyclic) bond motifs is 3. The molecule has 34 heavy (non-hydrogen) atoms. The molecule has 7 nitrogen and oxygen atoms in total. The van der Waals surface area contributed by atoms with Crippen molar-refractivity contribution in [3.8, 4) is 5.75 Å². The molecule has 4 N–H and O–H groups in total. The van der Waals surface area contributed by atoms with Gasteiger partial charge in [0.15, 0.2) is 5.82 Å². The van der Waals surface area contributed by atoms with Gasteiger partial charge in [-0.2, -0.15) is 0 Å². The van der Waals surface area contributed by atoms with Crippen LogP contribution >= 0.6 is 7.60 Å². The van der Waals surface area contributed by atoms with Crippen LogP contribution in [0.15, 0.2) is 48.7 Å². The fraction of sp³-hybridized carbons (Fsp3) is 0.308. The van der Waals surface area contributed by atoms with E-state index in [-0.39, 0.29) is 6.16 Å². The third-order valence-corrected chi connectivity index (χ3v) is 6.88. The van der Waals surface area contributed by atoms with Gasteiger partial charge in [0, 0.05) is 23.1 Å². The lowest BCUT2D eigenvalue weighted by Gasteiger charge is -2.11. The summed E-state index contributed by atoms with van der Waals surface area (Å²) < 4.78 is 16.6. The maximum atomic E-state index is 10.9. The van der Waals surface area contributed by atoms with Gasteiger partial charge in [-0.15, -0.1) is 0 Å². The lowest BCUT2D eigenvalue weighted by atomic mass is 9.99. The minimum Gasteiger partial charge on any atom is -0.494 e. The summed E-state index contributed by atoms with van der Waals surface area (Å²) in [6, 6.07) is 14.4. The number of aromatic nitrogens is 2. The van der Waals surface area contributed by atoms with E-state index in [1.165, 1.54) is 5.56 Å². The Hall–Kier alpha value is -2.99. The molecule has 2 aromatic carbocycles. The van der Waals surface area contributed by atoms with Crippen LogP contribution in [0, 0.1) is 13.8 Å². The number of benzene rings is 2. The number of hydrogen-bond acceptors (Lipinski definition) is 5. The summed E-state index contributed by atoms with van der Waals surface area (Å²) in [5.41, 5.74) is 12.5. The van der Waals surface area contributed by atoms with Crippen LogP contribution in [0.1, 0.15) is 35.1 Å². The number of nitrogen functional groups attached to an aromatic ring is 1. The highest BCUT2D eigenvalue weighted by Gasteiger charge is 2.12. The Morgan fingerprint density at radius 1 is 1.00 bits per heavy atom. The van der Waals surface area contributed by atoms with Gasteiger partial charge in [0.1, 0.15) is 11.3 Å². The molecule has 0 radical (unpaired) electrons. The van der Waals surface area contributed by atoms with Crippen LogP contribution in [0.5, 0.6) is 5.75 Å². The molecule has 0 bridgehead atoms. The molecule has 0 fully saturated rings. The molecule has 4 rings (SSSR count). The number of anilines is 1. The summed E-state index contributed by atoms with van der Waals surface area (Å²) >= 11 is 0. The number of hydrogen-bond donors (Lipinski definition) is 3. The molecule has 2 heterocycles. The second-order valence-corrected chi connectivity index (χ2v) is 10.6. The van der Waals surface area contributed by atoms with Crippen LogP contribution < -0.4 is 10.5 Å². The van der Waals surface area contributed by atoms with Crippen LogP contribution in [0.2, 0.25) is 0 Å². The molecule has 2 aromatic heterocycles. The first-order valence-corrected chi connectivity index (χ1v) is 13.2. The molecule has 4 aromatic rings. The lowest BCUT2D eigenvalue weighted by molar-refractivity contribution is 0.306. The lowest BCUT2D eigenvalue weighted by Crippen LogP contribution is -2.01. The van der Waals surface area contributed by atoms with E-state index in [2.05, 4.69) is 41.2 Å². The molecule has 0 aliphatic rings. The minimum absolute atomic E-state index is 0.101. The first kappa shape index (κ1) is 24.1. The number of unbranched alkanes of at least 4 members (excludes halogenated alkanes) is 1. The van der Waals surface area contributed by atoms with Crippen LogP contribution in [0.4, 0.5) is 5.82 Å². The highest BCUT2D eigenvalue weighted by Crippen LogP contribution is 2.35. The number of aryl methyl sites for hydroxylation is 4.